The van der Waals surface area contributed by atoms with Crippen LogP contribution in [-0.4, -0.2) is 48.6 Å². The van der Waals surface area contributed by atoms with E-state index in [4.69, 9.17) is 0 Å². The monoisotopic (exact) mass is 497 g/mol. The van der Waals surface area contributed by atoms with Gasteiger partial charge in [-0.3, -0.25) is 4.68 Å². The Morgan fingerprint density at radius 1 is 1.12 bits per heavy atom. The van der Waals surface area contributed by atoms with Gasteiger partial charge in [-0.15, -0.1) is 0 Å². The van der Waals surface area contributed by atoms with Gasteiger partial charge >= 0.3 is 29.6 Å². The second kappa shape index (κ2) is 12.1. The average Bonchev–Trinajstić information content (AvgIpc) is 3.33. The molecule has 0 radical (unpaired) electrons. The summed E-state index contributed by atoms with van der Waals surface area (Å²) in [4.78, 5) is 14.8. The number of benzene rings is 1. The molecule has 1 aromatic carbocycles. The van der Waals surface area contributed by atoms with Gasteiger partial charge in [0.1, 0.15) is 0 Å². The van der Waals surface area contributed by atoms with Gasteiger partial charge in [0.2, 0.25) is 0 Å². The van der Waals surface area contributed by atoms with E-state index in [0.29, 0.717) is 11.8 Å². The molecule has 1 unspecified atom stereocenters. The SMILES string of the molecule is CC(C)c1cc(CC(=O)[N-]S(=O)(=O)NC(c2cnn(C)c2)[C@@H]2CCCN2C)cc(C(C)C)c1.[Na+]. The van der Waals surface area contributed by atoms with E-state index < -0.39 is 22.2 Å². The Bertz CT molecular complexity index is 1060. The van der Waals surface area contributed by atoms with E-state index in [1.807, 2.05) is 19.2 Å². The average molecular weight is 498 g/mol. The molecule has 0 spiro atoms. The van der Waals surface area contributed by atoms with Gasteiger partial charge in [0.05, 0.1) is 18.1 Å². The zero-order valence-electron chi connectivity index (χ0n) is 21.4. The third-order valence-electron chi connectivity index (χ3n) is 6.27. The second-order valence-electron chi connectivity index (χ2n) is 9.69. The Hall–Kier alpha value is -1.23. The van der Waals surface area contributed by atoms with E-state index >= 15 is 0 Å². The second-order valence-corrected chi connectivity index (χ2v) is 11.1. The molecule has 0 bridgehead atoms. The molecule has 0 aliphatic carbocycles. The number of aromatic nitrogens is 2. The maximum absolute atomic E-state index is 12.9. The maximum Gasteiger partial charge on any atom is 1.00 e. The molecule has 3 rings (SSSR count). The van der Waals surface area contributed by atoms with Crippen molar-refractivity contribution in [2.75, 3.05) is 13.6 Å². The Morgan fingerprint density at radius 3 is 2.21 bits per heavy atom. The van der Waals surface area contributed by atoms with Crippen molar-refractivity contribution < 1.29 is 42.8 Å². The largest absolute Gasteiger partial charge is 1.00 e. The molecule has 1 aliphatic rings. The number of nitrogens with one attached hydrogen (secondary N) is 1. The van der Waals surface area contributed by atoms with Crippen LogP contribution in [0, 0.1) is 0 Å². The van der Waals surface area contributed by atoms with Gasteiger partial charge < -0.3 is 14.4 Å². The predicted octanol–water partition coefficient (Wildman–Crippen LogP) is 0.784. The minimum absolute atomic E-state index is 0. The van der Waals surface area contributed by atoms with Gasteiger partial charge in [0.15, 0.2) is 10.2 Å². The van der Waals surface area contributed by atoms with Gasteiger partial charge in [-0.25, -0.2) is 13.1 Å². The van der Waals surface area contributed by atoms with Crippen LogP contribution in [0.15, 0.2) is 30.6 Å². The molecule has 1 N–H and O–H groups in total. The molecule has 8 nitrogen and oxygen atoms in total. The molecule has 182 valence electrons. The minimum Gasteiger partial charge on any atom is -0.533 e. The Kier molecular flexibility index (Phi) is 10.4. The number of rotatable bonds is 9. The van der Waals surface area contributed by atoms with Crippen molar-refractivity contribution in [3.05, 3.63) is 57.6 Å². The van der Waals surface area contributed by atoms with Crippen LogP contribution in [0.4, 0.5) is 0 Å². The van der Waals surface area contributed by atoms with Crippen LogP contribution >= 0.6 is 0 Å². The molecule has 1 aliphatic heterocycles. The normalized spacial score (nSPS) is 17.7. The van der Waals surface area contributed by atoms with Crippen molar-refractivity contribution in [3.63, 3.8) is 0 Å². The summed E-state index contributed by atoms with van der Waals surface area (Å²) in [5, 5.41) is 4.19. The number of nitrogens with zero attached hydrogens (tertiary/aromatic N) is 4. The summed E-state index contributed by atoms with van der Waals surface area (Å²) in [6, 6.07) is 5.54. The van der Waals surface area contributed by atoms with Gasteiger partial charge in [-0.05, 0) is 55.0 Å². The third kappa shape index (κ3) is 7.63. The maximum atomic E-state index is 12.9. The van der Waals surface area contributed by atoms with Gasteiger partial charge in [0.25, 0.3) is 0 Å². The van der Waals surface area contributed by atoms with Crippen LogP contribution < -0.4 is 34.3 Å². The zero-order valence-corrected chi connectivity index (χ0v) is 24.3. The van der Waals surface area contributed by atoms with Crippen molar-refractivity contribution in [2.45, 2.75) is 70.9 Å². The molecule has 0 saturated carbocycles. The number of likely N-dealkylation sites (tertiary alicyclic amines) is 1. The van der Waals surface area contributed by atoms with E-state index in [-0.39, 0.29) is 42.0 Å². The first kappa shape index (κ1) is 29.0. The summed E-state index contributed by atoms with van der Waals surface area (Å²) in [5.41, 5.74) is 3.80. The predicted molar refractivity (Wildman–Crippen MR) is 130 cm³/mol. The smallest absolute Gasteiger partial charge is 0.533 e. The number of carbonyl (C=O) groups is 1. The zero-order chi connectivity index (χ0) is 24.3. The number of hydrogen-bond acceptors (Lipinski definition) is 5. The van der Waals surface area contributed by atoms with E-state index in [1.165, 1.54) is 0 Å². The molecule has 2 atom stereocenters. The fraction of sp³-hybridized carbons (Fsp3) is 0.583. The van der Waals surface area contributed by atoms with E-state index in [0.717, 1.165) is 41.6 Å². The van der Waals surface area contributed by atoms with Crippen LogP contribution in [0.25, 0.3) is 4.72 Å². The Balaban J connectivity index is 0.00000408. The fourth-order valence-electron chi connectivity index (χ4n) is 4.37. The summed E-state index contributed by atoms with van der Waals surface area (Å²) >= 11 is 0. The van der Waals surface area contributed by atoms with Crippen LogP contribution in [-0.2, 0) is 28.5 Å². The molecular formula is C24H36N5NaO3S. The Morgan fingerprint density at radius 2 is 1.74 bits per heavy atom. The number of likely N-dealkylation sites (N-methyl/N-ethyl adjacent to an activating group) is 1. The van der Waals surface area contributed by atoms with E-state index in [1.54, 1.807) is 24.1 Å². The van der Waals surface area contributed by atoms with E-state index in [9.17, 15) is 13.2 Å². The Labute approximate surface area is 226 Å². The molecule has 10 heteroatoms. The topological polar surface area (TPSA) is 98.4 Å². The van der Waals surface area contributed by atoms with E-state index in [2.05, 4.69) is 53.2 Å². The number of carbonyl (C=O) groups excluding carboxylic acids is 1. The first-order chi connectivity index (χ1) is 15.4. The quantitative estimate of drug-likeness (QED) is 0.517. The molecular weight excluding hydrogens is 461 g/mol. The van der Waals surface area contributed by atoms with Crippen molar-refractivity contribution in [2.24, 2.45) is 7.05 Å². The van der Waals surface area contributed by atoms with Crippen LogP contribution in [0.5, 0.6) is 0 Å². The van der Waals surface area contributed by atoms with Crippen LogP contribution in [0.3, 0.4) is 0 Å². The summed E-state index contributed by atoms with van der Waals surface area (Å²) < 4.78 is 33.7. The van der Waals surface area contributed by atoms with Crippen molar-refractivity contribution in [1.82, 2.24) is 19.4 Å². The summed E-state index contributed by atoms with van der Waals surface area (Å²) in [6.07, 6.45) is 5.24. The van der Waals surface area contributed by atoms with Crippen LogP contribution in [0.2, 0.25) is 0 Å². The van der Waals surface area contributed by atoms with Gasteiger partial charge in [-0.2, -0.15) is 5.10 Å². The molecule has 2 heterocycles. The van der Waals surface area contributed by atoms with Crippen LogP contribution in [0.1, 0.15) is 80.7 Å². The molecule has 2 aromatic rings. The molecule has 1 amide bonds. The van der Waals surface area contributed by atoms with Crippen molar-refractivity contribution >= 4 is 16.1 Å². The molecule has 1 fully saturated rings. The van der Waals surface area contributed by atoms with Crippen molar-refractivity contribution in [3.8, 4) is 0 Å². The molecule has 34 heavy (non-hydrogen) atoms. The number of aryl methyl sites for hydroxylation is 1. The van der Waals surface area contributed by atoms with Crippen molar-refractivity contribution in [1.29, 1.82) is 0 Å². The van der Waals surface area contributed by atoms with Gasteiger partial charge in [-0.1, -0.05) is 45.9 Å². The number of hydrogen-bond donors (Lipinski definition) is 1. The first-order valence-electron chi connectivity index (χ1n) is 11.6. The first-order valence-corrected chi connectivity index (χ1v) is 13.0. The summed E-state index contributed by atoms with van der Waals surface area (Å²) in [6.45, 7) is 9.29. The molecule has 1 saturated heterocycles. The fourth-order valence-corrected chi connectivity index (χ4v) is 5.37. The standard InChI is InChI=1S/C24H37N5O3S.Na/c1-16(2)19-10-18(11-20(13-19)17(3)4)12-23(30)26-33(31,32)27-24(21-14-25-29(6)15-21)22-8-7-9-28(22)5;/h10-11,13-17,22,24,27H,7-9,12H2,1-6H3,(H,26,30);/q;+1/p-1/t22-,24?;/m0./s1. The minimum atomic E-state index is -4.19. The number of amides is 1. The van der Waals surface area contributed by atoms with Gasteiger partial charge in [0, 0.05) is 31.3 Å². The molecule has 1 aromatic heterocycles. The summed E-state index contributed by atoms with van der Waals surface area (Å²) in [5.74, 6) is -0.0603. The summed E-state index contributed by atoms with van der Waals surface area (Å²) in [7, 11) is -0.423. The third-order valence-corrected chi connectivity index (χ3v) is 7.27.